The summed E-state index contributed by atoms with van der Waals surface area (Å²) >= 11 is 0. The number of hydrogen-bond donors (Lipinski definition) is 2. The molecular weight excluding hydrogens is 464 g/mol. The molecule has 0 heterocycles. The molecule has 0 fully saturated rings. The Bertz CT molecular complexity index is 1420. The molecule has 0 unspecified atom stereocenters. The van der Waals surface area contributed by atoms with E-state index in [0.717, 1.165) is 34.5 Å². The molecule has 0 saturated carbocycles. The molecule has 0 aromatic heterocycles. The lowest BCUT2D eigenvalue weighted by molar-refractivity contribution is -0.136. The largest absolute Gasteiger partial charge is 0.486 e. The molecule has 184 valence electrons. The van der Waals surface area contributed by atoms with E-state index in [4.69, 9.17) is 9.84 Å². The number of carboxylic acids is 1. The molecule has 1 amide bonds. The van der Waals surface area contributed by atoms with Gasteiger partial charge in [-0.2, -0.15) is 0 Å². The number of aryl methyl sites for hydroxylation is 1. The minimum absolute atomic E-state index is 0.0971. The molecule has 1 atom stereocenters. The summed E-state index contributed by atoms with van der Waals surface area (Å²) in [4.78, 5) is 24.4. The number of benzene rings is 4. The summed E-state index contributed by atoms with van der Waals surface area (Å²) in [5, 5.41) is 14.3. The molecule has 2 N–H and O–H groups in total. The van der Waals surface area contributed by atoms with E-state index in [0.29, 0.717) is 16.7 Å². The fourth-order valence-corrected chi connectivity index (χ4v) is 3.97. The van der Waals surface area contributed by atoms with E-state index in [2.05, 4.69) is 5.32 Å². The summed E-state index contributed by atoms with van der Waals surface area (Å²) in [6.07, 6.45) is 0.0347. The predicted octanol–water partition coefficient (Wildman–Crippen LogP) is 6.21. The van der Waals surface area contributed by atoms with Crippen molar-refractivity contribution < 1.29 is 28.2 Å². The number of fused-ring (bicyclic) bond motifs is 1. The van der Waals surface area contributed by atoms with Gasteiger partial charge in [0.05, 0.1) is 6.04 Å². The van der Waals surface area contributed by atoms with Crippen LogP contribution >= 0.6 is 0 Å². The second kappa shape index (κ2) is 11.0. The molecule has 0 aliphatic carbocycles. The van der Waals surface area contributed by atoms with Gasteiger partial charge < -0.3 is 15.2 Å². The van der Waals surface area contributed by atoms with Crippen molar-refractivity contribution >= 4 is 22.6 Å². The molecule has 0 bridgehead atoms. The van der Waals surface area contributed by atoms with Crippen molar-refractivity contribution in [3.8, 4) is 5.75 Å². The summed E-state index contributed by atoms with van der Waals surface area (Å²) in [7, 11) is 0. The standard InChI is InChI=1S/C29H25F2NO4/c1-18(22-9-8-20-4-2-3-5-23(20)15-22)32-29(35)25-14-19(6-7-21(25)10-13-28(33)34)17-36-27-16-24(30)11-12-26(27)31/h2-9,11-12,14-16,18H,10,13,17H2,1H3,(H,32,35)(H,33,34)/t18-/m1/s1. The van der Waals surface area contributed by atoms with Crippen LogP contribution in [-0.4, -0.2) is 17.0 Å². The van der Waals surface area contributed by atoms with Gasteiger partial charge in [0.2, 0.25) is 0 Å². The van der Waals surface area contributed by atoms with Crippen molar-refractivity contribution in [3.05, 3.63) is 113 Å². The third-order valence-corrected chi connectivity index (χ3v) is 5.94. The number of halogens is 2. The Morgan fingerprint density at radius 1 is 0.944 bits per heavy atom. The Hall–Kier alpha value is -4.26. The van der Waals surface area contributed by atoms with Crippen LogP contribution in [0.1, 0.15) is 46.4 Å². The SMILES string of the molecule is C[C@@H](NC(=O)c1cc(COc2cc(F)ccc2F)ccc1CCC(=O)O)c1ccc2ccccc2c1. The topological polar surface area (TPSA) is 75.6 Å². The maximum absolute atomic E-state index is 13.9. The van der Waals surface area contributed by atoms with Gasteiger partial charge >= 0.3 is 5.97 Å². The highest BCUT2D eigenvalue weighted by Crippen LogP contribution is 2.23. The maximum Gasteiger partial charge on any atom is 0.303 e. The number of ether oxygens (including phenoxy) is 1. The van der Waals surface area contributed by atoms with Gasteiger partial charge in [-0.3, -0.25) is 9.59 Å². The summed E-state index contributed by atoms with van der Waals surface area (Å²) in [5.74, 6) is -2.90. The van der Waals surface area contributed by atoms with Crippen molar-refractivity contribution in [2.24, 2.45) is 0 Å². The van der Waals surface area contributed by atoms with Crippen molar-refractivity contribution in [1.29, 1.82) is 0 Å². The normalized spacial score (nSPS) is 11.8. The number of hydrogen-bond acceptors (Lipinski definition) is 3. The molecule has 4 rings (SSSR count). The summed E-state index contributed by atoms with van der Waals surface area (Å²) < 4.78 is 32.8. The Morgan fingerprint density at radius 3 is 2.50 bits per heavy atom. The first-order valence-corrected chi connectivity index (χ1v) is 11.5. The van der Waals surface area contributed by atoms with Crippen molar-refractivity contribution in [2.75, 3.05) is 0 Å². The Kier molecular flexibility index (Phi) is 7.59. The third kappa shape index (κ3) is 6.05. The van der Waals surface area contributed by atoms with Gasteiger partial charge in [-0.1, -0.05) is 48.5 Å². The van der Waals surface area contributed by atoms with E-state index in [1.807, 2.05) is 49.4 Å². The summed E-state index contributed by atoms with van der Waals surface area (Å²) in [5.41, 5.74) is 2.36. The zero-order chi connectivity index (χ0) is 25.7. The average molecular weight is 490 g/mol. The maximum atomic E-state index is 13.9. The van der Waals surface area contributed by atoms with E-state index >= 15 is 0 Å². The van der Waals surface area contributed by atoms with E-state index in [-0.39, 0.29) is 37.1 Å². The molecule has 0 aliphatic rings. The number of rotatable bonds is 9. The predicted molar refractivity (Wildman–Crippen MR) is 133 cm³/mol. The van der Waals surface area contributed by atoms with Gasteiger partial charge in [-0.25, -0.2) is 8.78 Å². The lowest BCUT2D eigenvalue weighted by Crippen LogP contribution is -2.28. The number of aliphatic carboxylic acids is 1. The fraction of sp³-hybridized carbons (Fsp3) is 0.172. The van der Waals surface area contributed by atoms with Crippen molar-refractivity contribution in [3.63, 3.8) is 0 Å². The first kappa shape index (κ1) is 24.9. The van der Waals surface area contributed by atoms with Crippen molar-refractivity contribution in [1.82, 2.24) is 5.32 Å². The average Bonchev–Trinajstić information content (AvgIpc) is 2.87. The van der Waals surface area contributed by atoms with Gasteiger partial charge in [0.25, 0.3) is 5.91 Å². The van der Waals surface area contributed by atoms with Crippen LogP contribution in [0.3, 0.4) is 0 Å². The second-order valence-corrected chi connectivity index (χ2v) is 8.55. The van der Waals surface area contributed by atoms with Crippen LogP contribution < -0.4 is 10.1 Å². The van der Waals surface area contributed by atoms with E-state index in [9.17, 15) is 18.4 Å². The van der Waals surface area contributed by atoms with E-state index in [1.165, 1.54) is 0 Å². The van der Waals surface area contributed by atoms with Crippen LogP contribution in [-0.2, 0) is 17.8 Å². The minimum Gasteiger partial charge on any atom is -0.486 e. The number of carbonyl (C=O) groups excluding carboxylic acids is 1. The quantitative estimate of drug-likeness (QED) is 0.293. The molecule has 7 heteroatoms. The Morgan fingerprint density at radius 2 is 1.72 bits per heavy atom. The third-order valence-electron chi connectivity index (χ3n) is 5.94. The van der Waals surface area contributed by atoms with Crippen molar-refractivity contribution in [2.45, 2.75) is 32.4 Å². The van der Waals surface area contributed by atoms with Gasteiger partial charge in [-0.05, 0) is 65.1 Å². The molecule has 36 heavy (non-hydrogen) atoms. The zero-order valence-electron chi connectivity index (χ0n) is 19.6. The molecule has 0 radical (unpaired) electrons. The number of carbonyl (C=O) groups is 2. The van der Waals surface area contributed by atoms with E-state index < -0.39 is 17.6 Å². The second-order valence-electron chi connectivity index (χ2n) is 8.55. The molecule has 0 spiro atoms. The molecule has 0 saturated heterocycles. The molecule has 0 aliphatic heterocycles. The van der Waals surface area contributed by atoms with Crippen LogP contribution in [0.15, 0.2) is 78.9 Å². The zero-order valence-corrected chi connectivity index (χ0v) is 19.6. The first-order chi connectivity index (χ1) is 17.3. The van der Waals surface area contributed by atoms with Crippen LogP contribution in [0.4, 0.5) is 8.78 Å². The monoisotopic (exact) mass is 489 g/mol. The highest BCUT2D eigenvalue weighted by atomic mass is 19.1. The highest BCUT2D eigenvalue weighted by Gasteiger charge is 2.17. The van der Waals surface area contributed by atoms with E-state index in [1.54, 1.807) is 18.2 Å². The van der Waals surface area contributed by atoms with Gasteiger partial charge in [0.15, 0.2) is 11.6 Å². The number of carboxylic acid groups (broad SMARTS) is 1. The summed E-state index contributed by atoms with van der Waals surface area (Å²) in [6.45, 7) is 1.78. The smallest absolute Gasteiger partial charge is 0.303 e. The molecule has 5 nitrogen and oxygen atoms in total. The highest BCUT2D eigenvalue weighted by molar-refractivity contribution is 5.96. The lowest BCUT2D eigenvalue weighted by Gasteiger charge is -2.18. The summed E-state index contributed by atoms with van der Waals surface area (Å²) in [6, 6.07) is 21.5. The molecule has 4 aromatic rings. The van der Waals surface area contributed by atoms with Crippen LogP contribution in [0.5, 0.6) is 5.75 Å². The van der Waals surface area contributed by atoms with Gasteiger partial charge in [-0.15, -0.1) is 0 Å². The lowest BCUT2D eigenvalue weighted by atomic mass is 9.98. The number of nitrogens with one attached hydrogen (secondary N) is 1. The molecular formula is C29H25F2NO4. The number of amides is 1. The van der Waals surface area contributed by atoms with Crippen LogP contribution in [0.25, 0.3) is 10.8 Å². The van der Waals surface area contributed by atoms with Gasteiger partial charge in [0, 0.05) is 18.1 Å². The molecule has 4 aromatic carbocycles. The first-order valence-electron chi connectivity index (χ1n) is 11.5. The Labute approximate surface area is 207 Å². The van der Waals surface area contributed by atoms with Gasteiger partial charge in [0.1, 0.15) is 12.4 Å². The minimum atomic E-state index is -0.972. The van der Waals surface area contributed by atoms with Crippen LogP contribution in [0.2, 0.25) is 0 Å². The fourth-order valence-electron chi connectivity index (χ4n) is 3.97. The Balaban J connectivity index is 1.55. The van der Waals surface area contributed by atoms with Crippen LogP contribution in [0, 0.1) is 11.6 Å².